The summed E-state index contributed by atoms with van der Waals surface area (Å²) in [5.74, 6) is 0.179. The first-order chi connectivity index (χ1) is 7.22. The summed E-state index contributed by atoms with van der Waals surface area (Å²) in [7, 11) is 0. The quantitative estimate of drug-likeness (QED) is 0.654. The molecule has 0 heterocycles. The molecule has 0 saturated heterocycles. The monoisotopic (exact) mass is 211 g/mol. The van der Waals surface area contributed by atoms with Gasteiger partial charge >= 0.3 is 0 Å². The molecule has 4 heteroatoms. The zero-order valence-corrected chi connectivity index (χ0v) is 9.41. The highest BCUT2D eigenvalue weighted by atomic mass is 16.2. The summed E-state index contributed by atoms with van der Waals surface area (Å²) in [4.78, 5) is 14.1. The first-order valence-corrected chi connectivity index (χ1v) is 5.98. The number of carbonyl (C=O) groups excluding carboxylic acids is 1. The number of hydrogen-bond acceptors (Lipinski definition) is 3. The van der Waals surface area contributed by atoms with Crippen molar-refractivity contribution >= 4 is 5.91 Å². The topological polar surface area (TPSA) is 58.4 Å². The van der Waals surface area contributed by atoms with Gasteiger partial charge in [0.05, 0.1) is 6.04 Å². The van der Waals surface area contributed by atoms with E-state index >= 15 is 0 Å². The number of hydrogen-bond donors (Lipinski definition) is 2. The van der Waals surface area contributed by atoms with Crippen molar-refractivity contribution in [1.29, 1.82) is 0 Å². The normalized spacial score (nSPS) is 22.9. The predicted molar refractivity (Wildman–Crippen MR) is 59.4 cm³/mol. The summed E-state index contributed by atoms with van der Waals surface area (Å²) >= 11 is 0. The van der Waals surface area contributed by atoms with Gasteiger partial charge in [0.1, 0.15) is 0 Å². The summed E-state index contributed by atoms with van der Waals surface area (Å²) in [5.41, 5.74) is 5.57. The highest BCUT2D eigenvalue weighted by Crippen LogP contribution is 2.28. The molecular formula is C11H21N3O. The van der Waals surface area contributed by atoms with Crippen molar-refractivity contribution in [2.24, 2.45) is 5.73 Å². The zero-order valence-electron chi connectivity index (χ0n) is 9.41. The van der Waals surface area contributed by atoms with Crippen LogP contribution in [-0.4, -0.2) is 42.0 Å². The Morgan fingerprint density at radius 2 is 2.13 bits per heavy atom. The molecule has 0 aliphatic heterocycles. The van der Waals surface area contributed by atoms with E-state index in [0.717, 1.165) is 19.4 Å². The lowest BCUT2D eigenvalue weighted by Crippen LogP contribution is -2.48. The predicted octanol–water partition coefficient (Wildman–Crippen LogP) is 0.0766. The highest BCUT2D eigenvalue weighted by molar-refractivity contribution is 5.82. The van der Waals surface area contributed by atoms with Crippen LogP contribution in [0.1, 0.15) is 32.6 Å². The molecule has 15 heavy (non-hydrogen) atoms. The van der Waals surface area contributed by atoms with Crippen LogP contribution in [-0.2, 0) is 4.79 Å². The fourth-order valence-corrected chi connectivity index (χ4v) is 1.95. The summed E-state index contributed by atoms with van der Waals surface area (Å²) in [6.07, 6.45) is 4.75. The van der Waals surface area contributed by atoms with Crippen LogP contribution in [0.2, 0.25) is 0 Å². The Bertz CT molecular complexity index is 236. The van der Waals surface area contributed by atoms with E-state index in [0.29, 0.717) is 18.6 Å². The number of nitrogens with two attached hydrogens (primary N) is 1. The van der Waals surface area contributed by atoms with Crippen molar-refractivity contribution in [1.82, 2.24) is 10.2 Å². The maximum Gasteiger partial charge on any atom is 0.237 e. The van der Waals surface area contributed by atoms with Gasteiger partial charge in [-0.1, -0.05) is 0 Å². The zero-order chi connectivity index (χ0) is 10.8. The second-order valence-corrected chi connectivity index (χ2v) is 4.72. The Labute approximate surface area is 91.2 Å². The molecule has 0 spiro atoms. The lowest BCUT2D eigenvalue weighted by Gasteiger charge is -2.27. The average Bonchev–Trinajstić information content (AvgIpc) is 3.04. The molecule has 2 aliphatic carbocycles. The summed E-state index contributed by atoms with van der Waals surface area (Å²) < 4.78 is 0. The summed E-state index contributed by atoms with van der Waals surface area (Å²) in [6, 6.07) is 1.05. The lowest BCUT2D eigenvalue weighted by molar-refractivity contribution is -0.126. The second kappa shape index (κ2) is 4.49. The molecule has 2 rings (SSSR count). The molecule has 0 radical (unpaired) electrons. The lowest BCUT2D eigenvalue weighted by atomic mass is 10.2. The van der Waals surface area contributed by atoms with Crippen molar-refractivity contribution < 1.29 is 4.79 Å². The molecule has 4 nitrogen and oxygen atoms in total. The van der Waals surface area contributed by atoms with Gasteiger partial charge in [-0.3, -0.25) is 9.69 Å². The van der Waals surface area contributed by atoms with Crippen molar-refractivity contribution in [2.45, 2.75) is 50.7 Å². The van der Waals surface area contributed by atoms with Crippen molar-refractivity contribution in [3.05, 3.63) is 0 Å². The third kappa shape index (κ3) is 2.92. The molecule has 2 aliphatic rings. The Hall–Kier alpha value is -0.610. The van der Waals surface area contributed by atoms with Crippen LogP contribution in [0, 0.1) is 0 Å². The van der Waals surface area contributed by atoms with Gasteiger partial charge in [0.2, 0.25) is 5.91 Å². The Kier molecular flexibility index (Phi) is 3.26. The number of carbonyl (C=O) groups is 1. The molecule has 1 amide bonds. The van der Waals surface area contributed by atoms with Gasteiger partial charge in [0, 0.05) is 25.2 Å². The third-order valence-corrected chi connectivity index (χ3v) is 3.20. The van der Waals surface area contributed by atoms with Crippen LogP contribution in [0.15, 0.2) is 0 Å². The van der Waals surface area contributed by atoms with Gasteiger partial charge in [0.15, 0.2) is 0 Å². The standard InChI is InChI=1S/C11H21N3O/c1-8(11(15)13-9-2-3-9)14(7-6-12)10-4-5-10/h8-10H,2-7,12H2,1H3,(H,13,15). The minimum Gasteiger partial charge on any atom is -0.352 e. The Morgan fingerprint density at radius 3 is 2.60 bits per heavy atom. The van der Waals surface area contributed by atoms with E-state index in [4.69, 9.17) is 5.73 Å². The van der Waals surface area contributed by atoms with Crippen LogP contribution >= 0.6 is 0 Å². The van der Waals surface area contributed by atoms with Gasteiger partial charge in [-0.05, 0) is 32.6 Å². The van der Waals surface area contributed by atoms with E-state index in [2.05, 4.69) is 10.2 Å². The summed E-state index contributed by atoms with van der Waals surface area (Å²) in [5, 5.41) is 3.05. The van der Waals surface area contributed by atoms with Crippen molar-refractivity contribution in [3.63, 3.8) is 0 Å². The van der Waals surface area contributed by atoms with Crippen molar-refractivity contribution in [3.8, 4) is 0 Å². The van der Waals surface area contributed by atoms with Crippen molar-refractivity contribution in [2.75, 3.05) is 13.1 Å². The molecule has 2 saturated carbocycles. The second-order valence-electron chi connectivity index (χ2n) is 4.72. The molecule has 0 bridgehead atoms. The third-order valence-electron chi connectivity index (χ3n) is 3.20. The molecule has 0 aromatic rings. The number of nitrogens with zero attached hydrogens (tertiary/aromatic N) is 1. The number of amides is 1. The molecule has 1 atom stereocenters. The van der Waals surface area contributed by atoms with E-state index in [-0.39, 0.29) is 11.9 Å². The van der Waals surface area contributed by atoms with E-state index in [1.54, 1.807) is 0 Å². The minimum absolute atomic E-state index is 0.0124. The molecule has 1 unspecified atom stereocenters. The van der Waals surface area contributed by atoms with E-state index in [1.807, 2.05) is 6.92 Å². The largest absolute Gasteiger partial charge is 0.352 e. The molecular weight excluding hydrogens is 190 g/mol. The van der Waals surface area contributed by atoms with Crippen LogP contribution in [0.25, 0.3) is 0 Å². The Balaban J connectivity index is 1.83. The van der Waals surface area contributed by atoms with Gasteiger partial charge < -0.3 is 11.1 Å². The maximum absolute atomic E-state index is 11.8. The first kappa shape index (κ1) is 10.9. The fraction of sp³-hybridized carbons (Fsp3) is 0.909. The highest BCUT2D eigenvalue weighted by Gasteiger charge is 2.35. The smallest absolute Gasteiger partial charge is 0.237 e. The van der Waals surface area contributed by atoms with Crippen LogP contribution in [0.3, 0.4) is 0 Å². The van der Waals surface area contributed by atoms with E-state index < -0.39 is 0 Å². The first-order valence-electron chi connectivity index (χ1n) is 5.98. The molecule has 86 valence electrons. The number of nitrogens with one attached hydrogen (secondary N) is 1. The van der Waals surface area contributed by atoms with E-state index in [1.165, 1.54) is 12.8 Å². The van der Waals surface area contributed by atoms with Crippen LogP contribution < -0.4 is 11.1 Å². The summed E-state index contributed by atoms with van der Waals surface area (Å²) in [6.45, 7) is 3.47. The van der Waals surface area contributed by atoms with Gasteiger partial charge in [-0.2, -0.15) is 0 Å². The fourth-order valence-electron chi connectivity index (χ4n) is 1.95. The maximum atomic E-state index is 11.8. The molecule has 0 aromatic carbocycles. The van der Waals surface area contributed by atoms with Gasteiger partial charge in [-0.15, -0.1) is 0 Å². The van der Waals surface area contributed by atoms with E-state index in [9.17, 15) is 4.79 Å². The van der Waals surface area contributed by atoms with Crippen LogP contribution in [0.5, 0.6) is 0 Å². The average molecular weight is 211 g/mol. The minimum atomic E-state index is -0.0124. The number of rotatable bonds is 6. The van der Waals surface area contributed by atoms with Gasteiger partial charge in [0.25, 0.3) is 0 Å². The van der Waals surface area contributed by atoms with Crippen LogP contribution in [0.4, 0.5) is 0 Å². The van der Waals surface area contributed by atoms with Gasteiger partial charge in [-0.25, -0.2) is 0 Å². The molecule has 3 N–H and O–H groups in total. The molecule has 2 fully saturated rings. The molecule has 0 aromatic heterocycles. The SMILES string of the molecule is CC(C(=O)NC1CC1)N(CCN)C1CC1. The Morgan fingerprint density at radius 1 is 1.47 bits per heavy atom.